The van der Waals surface area contributed by atoms with Crippen molar-refractivity contribution >= 4 is 17.7 Å². The Morgan fingerprint density at radius 1 is 1.14 bits per heavy atom. The summed E-state index contributed by atoms with van der Waals surface area (Å²) in [6.45, 7) is -0.800. The third-order valence-electron chi connectivity index (χ3n) is 4.87. The molecule has 1 aliphatic heterocycles. The molecule has 0 unspecified atom stereocenters. The Morgan fingerprint density at radius 2 is 1.93 bits per heavy atom. The Morgan fingerprint density at radius 3 is 2.69 bits per heavy atom. The van der Waals surface area contributed by atoms with Gasteiger partial charge in [-0.05, 0) is 31.4 Å². The van der Waals surface area contributed by atoms with Crippen molar-refractivity contribution in [1.82, 2.24) is 24.3 Å². The Bertz CT molecular complexity index is 954. The molecule has 1 fully saturated rings. The van der Waals surface area contributed by atoms with Crippen LogP contribution in [0.3, 0.4) is 0 Å². The summed E-state index contributed by atoms with van der Waals surface area (Å²) in [6, 6.07) is 7.66. The normalized spacial score (nSPS) is 14.6. The van der Waals surface area contributed by atoms with Gasteiger partial charge in [-0.1, -0.05) is 23.9 Å². The third-order valence-corrected chi connectivity index (χ3v) is 5.80. The second-order valence-electron chi connectivity index (χ2n) is 6.65. The quantitative estimate of drug-likeness (QED) is 0.535. The predicted octanol–water partition coefficient (Wildman–Crippen LogP) is 4.15. The number of rotatable bonds is 7. The van der Waals surface area contributed by atoms with Crippen molar-refractivity contribution in [2.24, 2.45) is 0 Å². The first kappa shape index (κ1) is 19.7. The van der Waals surface area contributed by atoms with Crippen molar-refractivity contribution in [2.75, 3.05) is 25.1 Å². The van der Waals surface area contributed by atoms with E-state index < -0.39 is 6.55 Å². The zero-order valence-electron chi connectivity index (χ0n) is 16.0. The van der Waals surface area contributed by atoms with Crippen LogP contribution in [0.5, 0.6) is 5.75 Å². The van der Waals surface area contributed by atoms with Crippen LogP contribution in [0.25, 0.3) is 5.69 Å². The number of anilines is 1. The molecule has 2 aromatic heterocycles. The van der Waals surface area contributed by atoms with Gasteiger partial charge in [-0.2, -0.15) is 8.78 Å². The van der Waals surface area contributed by atoms with E-state index in [9.17, 15) is 8.78 Å². The fourth-order valence-corrected chi connectivity index (χ4v) is 4.33. The van der Waals surface area contributed by atoms with Crippen LogP contribution in [-0.2, 0) is 5.75 Å². The average molecular weight is 420 g/mol. The molecule has 0 amide bonds. The first-order valence-electron chi connectivity index (χ1n) is 9.45. The van der Waals surface area contributed by atoms with Crippen LogP contribution in [0.15, 0.2) is 41.8 Å². The van der Waals surface area contributed by atoms with Crippen LogP contribution in [-0.4, -0.2) is 44.5 Å². The number of nitrogens with zero attached hydrogens (tertiary/aromatic N) is 6. The lowest BCUT2D eigenvalue weighted by Gasteiger charge is -2.28. The van der Waals surface area contributed by atoms with E-state index in [-0.39, 0.29) is 5.75 Å². The third kappa shape index (κ3) is 4.07. The molecule has 29 heavy (non-hydrogen) atoms. The second kappa shape index (κ2) is 8.81. The predicted molar refractivity (Wildman–Crippen MR) is 107 cm³/mol. The van der Waals surface area contributed by atoms with E-state index >= 15 is 0 Å². The first-order chi connectivity index (χ1) is 14.2. The number of methoxy groups -OCH3 is 1. The summed E-state index contributed by atoms with van der Waals surface area (Å²) < 4.78 is 34.6. The van der Waals surface area contributed by atoms with Crippen molar-refractivity contribution in [2.45, 2.75) is 36.7 Å². The Balaban J connectivity index is 1.70. The number of thioether (sulfide) groups is 1. The highest BCUT2D eigenvalue weighted by Crippen LogP contribution is 2.34. The molecule has 1 saturated heterocycles. The number of aromatic nitrogens is 5. The zero-order chi connectivity index (χ0) is 20.2. The van der Waals surface area contributed by atoms with Crippen molar-refractivity contribution in [1.29, 1.82) is 0 Å². The summed E-state index contributed by atoms with van der Waals surface area (Å²) in [6.07, 6.45) is 6.08. The average Bonchev–Trinajstić information content (AvgIpc) is 3.39. The summed E-state index contributed by atoms with van der Waals surface area (Å²) in [5.41, 5.74) is 0.820. The Labute approximate surface area is 171 Å². The van der Waals surface area contributed by atoms with Crippen LogP contribution < -0.4 is 9.64 Å². The lowest BCUT2D eigenvalue weighted by atomic mass is 10.1. The minimum Gasteiger partial charge on any atom is -0.495 e. The monoisotopic (exact) mass is 420 g/mol. The van der Waals surface area contributed by atoms with Gasteiger partial charge in [0.05, 0.1) is 18.6 Å². The van der Waals surface area contributed by atoms with Crippen LogP contribution in [0.4, 0.5) is 14.7 Å². The minimum absolute atomic E-state index is 0.255. The van der Waals surface area contributed by atoms with E-state index in [0.29, 0.717) is 16.7 Å². The molecule has 0 spiro atoms. The highest BCUT2D eigenvalue weighted by atomic mass is 32.2. The molecule has 1 aromatic carbocycles. The van der Waals surface area contributed by atoms with E-state index in [1.807, 2.05) is 28.8 Å². The maximum Gasteiger partial charge on any atom is 0.319 e. The molecular formula is C19H22F2N6OS. The number of hydrogen-bond donors (Lipinski definition) is 0. The molecule has 0 bridgehead atoms. The van der Waals surface area contributed by atoms with Crippen molar-refractivity contribution in [3.63, 3.8) is 0 Å². The molecule has 10 heteroatoms. The lowest BCUT2D eigenvalue weighted by molar-refractivity contribution is 0.0678. The van der Waals surface area contributed by atoms with Crippen LogP contribution in [0, 0.1) is 0 Å². The van der Waals surface area contributed by atoms with Gasteiger partial charge in [-0.25, -0.2) is 4.98 Å². The maximum atomic E-state index is 13.1. The summed E-state index contributed by atoms with van der Waals surface area (Å²) in [5, 5.41) is 9.42. The topological polar surface area (TPSA) is 61.0 Å². The molecule has 4 rings (SSSR count). The number of alkyl halides is 2. The Kier molecular flexibility index (Phi) is 5.98. The standard InChI is InChI=1S/C19H22F2N6OS/c1-28-15-8-4-3-7-14(15)27-18(25-10-5-2-6-11-25)23-24-19(27)29-13-16-22-9-12-26(16)17(20)21/h3-4,7-9,12,17H,2,5-6,10-11,13H2,1H3. The summed E-state index contributed by atoms with van der Waals surface area (Å²) >= 11 is 1.33. The number of imidazole rings is 1. The van der Waals surface area contributed by atoms with E-state index in [1.165, 1.54) is 30.6 Å². The molecule has 3 heterocycles. The lowest BCUT2D eigenvalue weighted by Crippen LogP contribution is -2.31. The number of piperidine rings is 1. The Hall–Kier alpha value is -2.62. The van der Waals surface area contributed by atoms with Crippen molar-refractivity contribution in [3.8, 4) is 11.4 Å². The fraction of sp³-hybridized carbons (Fsp3) is 0.421. The smallest absolute Gasteiger partial charge is 0.319 e. The first-order valence-corrected chi connectivity index (χ1v) is 10.4. The highest BCUT2D eigenvalue weighted by molar-refractivity contribution is 7.98. The van der Waals surface area contributed by atoms with E-state index in [4.69, 9.17) is 4.74 Å². The van der Waals surface area contributed by atoms with E-state index in [0.717, 1.165) is 42.1 Å². The molecule has 0 radical (unpaired) electrons. The maximum absolute atomic E-state index is 13.1. The van der Waals surface area contributed by atoms with Gasteiger partial charge in [0.15, 0.2) is 5.16 Å². The summed E-state index contributed by atoms with van der Waals surface area (Å²) in [7, 11) is 1.62. The number of halogens is 2. The fourth-order valence-electron chi connectivity index (χ4n) is 3.44. The largest absolute Gasteiger partial charge is 0.495 e. The molecule has 7 nitrogen and oxygen atoms in total. The molecule has 0 saturated carbocycles. The molecule has 154 valence electrons. The van der Waals surface area contributed by atoms with Gasteiger partial charge in [0.25, 0.3) is 0 Å². The van der Waals surface area contributed by atoms with Gasteiger partial charge in [-0.15, -0.1) is 10.2 Å². The SMILES string of the molecule is COc1ccccc1-n1c(SCc2nccn2C(F)F)nnc1N1CCCCC1. The zero-order valence-corrected chi connectivity index (χ0v) is 16.9. The number of benzene rings is 1. The minimum atomic E-state index is -2.62. The van der Waals surface area contributed by atoms with Crippen LogP contribution in [0.1, 0.15) is 31.6 Å². The summed E-state index contributed by atoms with van der Waals surface area (Å²) in [4.78, 5) is 6.27. The molecule has 0 atom stereocenters. The van der Waals surface area contributed by atoms with Gasteiger partial charge in [0.1, 0.15) is 11.6 Å². The van der Waals surface area contributed by atoms with E-state index in [1.54, 1.807) is 7.11 Å². The molecule has 0 aliphatic carbocycles. The van der Waals surface area contributed by atoms with Gasteiger partial charge in [-0.3, -0.25) is 9.13 Å². The summed E-state index contributed by atoms with van der Waals surface area (Å²) in [5.74, 6) is 1.99. The van der Waals surface area contributed by atoms with Gasteiger partial charge in [0, 0.05) is 25.5 Å². The van der Waals surface area contributed by atoms with Gasteiger partial charge in [0.2, 0.25) is 5.95 Å². The van der Waals surface area contributed by atoms with Gasteiger partial charge < -0.3 is 9.64 Å². The number of hydrogen-bond acceptors (Lipinski definition) is 6. The van der Waals surface area contributed by atoms with Gasteiger partial charge >= 0.3 is 6.55 Å². The van der Waals surface area contributed by atoms with Crippen LogP contribution in [0.2, 0.25) is 0 Å². The highest BCUT2D eigenvalue weighted by Gasteiger charge is 2.24. The van der Waals surface area contributed by atoms with Crippen LogP contribution >= 0.6 is 11.8 Å². The van der Waals surface area contributed by atoms with E-state index in [2.05, 4.69) is 20.1 Å². The molecule has 1 aliphatic rings. The molecular weight excluding hydrogens is 398 g/mol. The molecule has 0 N–H and O–H groups in total. The van der Waals surface area contributed by atoms with Crippen molar-refractivity contribution in [3.05, 3.63) is 42.5 Å². The molecule has 3 aromatic rings. The number of para-hydroxylation sites is 2. The second-order valence-corrected chi connectivity index (χ2v) is 7.60. The van der Waals surface area contributed by atoms with Crippen molar-refractivity contribution < 1.29 is 13.5 Å². The number of ether oxygens (including phenoxy) is 1.